The number of hydrogen-bond donors (Lipinski definition) is 0. The first-order valence-corrected chi connectivity index (χ1v) is 31.6. The second kappa shape index (κ2) is 20.1. The van der Waals surface area contributed by atoms with Gasteiger partial charge in [-0.15, -0.1) is 11.3 Å². The Kier molecular flexibility index (Phi) is 11.3. The van der Waals surface area contributed by atoms with Crippen LogP contribution in [0.5, 0.6) is 0 Å². The lowest BCUT2D eigenvalue weighted by atomic mass is 9.33. The van der Waals surface area contributed by atoms with E-state index in [-0.39, 0.29) is 6.71 Å². The predicted octanol–water partition coefficient (Wildman–Crippen LogP) is 21.9. The highest BCUT2D eigenvalue weighted by Gasteiger charge is 2.47. The summed E-state index contributed by atoms with van der Waals surface area (Å²) in [5, 5.41) is 6.70. The molecule has 14 aromatic carbocycles. The van der Waals surface area contributed by atoms with E-state index in [1.165, 1.54) is 36.8 Å². The van der Waals surface area contributed by atoms with E-state index >= 15 is 0 Å². The third-order valence-corrected chi connectivity index (χ3v) is 20.0. The van der Waals surface area contributed by atoms with Crippen molar-refractivity contribution < 1.29 is 8.83 Å². The van der Waals surface area contributed by atoms with E-state index in [9.17, 15) is 0 Å². The van der Waals surface area contributed by atoms with Crippen LogP contribution < -0.4 is 26.2 Å². The quantitative estimate of drug-likeness (QED) is 0.142. The van der Waals surface area contributed by atoms with Crippen LogP contribution in [-0.2, 0) is 0 Å². The molecule has 19 rings (SSSR count). The molecular weight excluding hydrogens is 1110 g/mol. The van der Waals surface area contributed by atoms with E-state index in [1.807, 2.05) is 11.3 Å². The summed E-state index contributed by atoms with van der Waals surface area (Å²) in [6.07, 6.45) is 0. The van der Waals surface area contributed by atoms with Gasteiger partial charge in [-0.1, -0.05) is 249 Å². The molecule has 0 saturated heterocycles. The molecule has 3 aromatic heterocycles. The summed E-state index contributed by atoms with van der Waals surface area (Å²) < 4.78 is 16.6. The number of thiophene rings is 1. The third-order valence-electron chi connectivity index (χ3n) is 18.8. The van der Waals surface area contributed by atoms with Gasteiger partial charge < -0.3 is 18.6 Å². The summed E-state index contributed by atoms with van der Waals surface area (Å²) in [7, 11) is 0. The number of hydrogen-bond acceptors (Lipinski definition) is 5. The Morgan fingerprint density at radius 3 is 1.17 bits per heavy atom. The first-order chi connectivity index (χ1) is 44.6. The Labute approximate surface area is 524 Å². The second-order valence-electron chi connectivity index (χ2n) is 23.8. The fraction of sp³-hybridized carbons (Fsp3) is 0. The van der Waals surface area contributed by atoms with Gasteiger partial charge >= 0.3 is 0 Å². The molecule has 0 bridgehead atoms. The molecule has 0 spiro atoms. The van der Waals surface area contributed by atoms with Gasteiger partial charge in [-0.3, -0.25) is 0 Å². The molecule has 0 saturated carbocycles. The zero-order valence-electron chi connectivity index (χ0n) is 48.6. The summed E-state index contributed by atoms with van der Waals surface area (Å²) in [4.78, 5) is 5.34. The van der Waals surface area contributed by atoms with Crippen molar-refractivity contribution >= 4 is 133 Å². The lowest BCUT2D eigenvalue weighted by Crippen LogP contribution is -2.61. The van der Waals surface area contributed by atoms with Crippen LogP contribution in [0, 0.1) is 0 Å². The van der Waals surface area contributed by atoms with Crippen molar-refractivity contribution in [2.45, 2.75) is 0 Å². The number of anilines is 6. The minimum absolute atomic E-state index is 0.306. The minimum atomic E-state index is -0.306. The van der Waals surface area contributed by atoms with Gasteiger partial charge in [0.05, 0.1) is 21.8 Å². The summed E-state index contributed by atoms with van der Waals surface area (Å²) in [6.45, 7) is -0.306. The Balaban J connectivity index is 1.01. The predicted molar refractivity (Wildman–Crippen MR) is 381 cm³/mol. The van der Waals surface area contributed by atoms with Gasteiger partial charge in [0.15, 0.2) is 0 Å². The van der Waals surface area contributed by atoms with Crippen molar-refractivity contribution in [3.63, 3.8) is 0 Å². The first-order valence-electron chi connectivity index (χ1n) is 30.8. The smallest absolute Gasteiger partial charge is 0.252 e. The average molecular weight is 1160 g/mol. The van der Waals surface area contributed by atoms with Crippen LogP contribution in [0.25, 0.3) is 131 Å². The zero-order valence-corrected chi connectivity index (χ0v) is 49.5. The number of fused-ring (bicyclic) bond motifs is 14. The van der Waals surface area contributed by atoms with Gasteiger partial charge in [0.1, 0.15) is 22.3 Å². The molecular formula is C84H51BN2O2S. The van der Waals surface area contributed by atoms with Crippen LogP contribution >= 0.6 is 11.3 Å². The minimum Gasteiger partial charge on any atom is -0.456 e. The monoisotopic (exact) mass is 1160 g/mol. The third kappa shape index (κ3) is 7.75. The maximum absolute atomic E-state index is 7.07. The van der Waals surface area contributed by atoms with Gasteiger partial charge in [0.25, 0.3) is 6.71 Å². The summed E-state index contributed by atoms with van der Waals surface area (Å²) in [6, 6.07) is 114. The second-order valence-corrected chi connectivity index (χ2v) is 24.8. The Bertz CT molecular complexity index is 5590. The fourth-order valence-corrected chi connectivity index (χ4v) is 16.1. The van der Waals surface area contributed by atoms with Crippen molar-refractivity contribution in [1.82, 2.24) is 0 Å². The van der Waals surface area contributed by atoms with Crippen LogP contribution in [0.1, 0.15) is 0 Å². The molecule has 2 aliphatic heterocycles. The van der Waals surface area contributed by atoms with Crippen molar-refractivity contribution in [2.75, 3.05) is 9.80 Å². The maximum Gasteiger partial charge on any atom is 0.252 e. The molecule has 418 valence electrons. The summed E-state index contributed by atoms with van der Waals surface area (Å²) in [5.74, 6) is 0. The van der Waals surface area contributed by atoms with Crippen molar-refractivity contribution in [3.8, 4) is 66.8 Å². The van der Waals surface area contributed by atoms with Crippen LogP contribution in [-0.4, -0.2) is 6.71 Å². The number of para-hydroxylation sites is 4. The highest BCUT2D eigenvalue weighted by Crippen LogP contribution is 2.57. The molecule has 0 amide bonds. The van der Waals surface area contributed by atoms with E-state index in [0.29, 0.717) is 0 Å². The zero-order chi connectivity index (χ0) is 59.0. The van der Waals surface area contributed by atoms with Crippen molar-refractivity contribution in [1.29, 1.82) is 0 Å². The van der Waals surface area contributed by atoms with Crippen LogP contribution in [0.4, 0.5) is 34.1 Å². The molecule has 0 radical (unpaired) electrons. The summed E-state index contributed by atoms with van der Waals surface area (Å²) >= 11 is 1.89. The van der Waals surface area contributed by atoms with Crippen molar-refractivity contribution in [2.24, 2.45) is 0 Å². The van der Waals surface area contributed by atoms with Gasteiger partial charge in [-0.05, 0) is 122 Å². The molecule has 0 unspecified atom stereocenters. The molecule has 6 heteroatoms. The van der Waals surface area contributed by atoms with Crippen LogP contribution in [0.3, 0.4) is 0 Å². The molecule has 0 aliphatic carbocycles. The van der Waals surface area contributed by atoms with E-state index in [1.54, 1.807) is 0 Å². The highest BCUT2D eigenvalue weighted by atomic mass is 32.1. The Morgan fingerprint density at radius 1 is 0.256 bits per heavy atom. The number of nitrogens with zero attached hydrogens (tertiary/aromatic N) is 2. The lowest BCUT2D eigenvalue weighted by molar-refractivity contribution is 0.669. The molecule has 2 aliphatic rings. The number of rotatable bonds is 8. The topological polar surface area (TPSA) is 32.8 Å². The Morgan fingerprint density at radius 2 is 0.644 bits per heavy atom. The molecule has 5 heterocycles. The lowest BCUT2D eigenvalue weighted by Gasteiger charge is -2.45. The van der Waals surface area contributed by atoms with Crippen LogP contribution in [0.15, 0.2) is 318 Å². The van der Waals surface area contributed by atoms with Gasteiger partial charge in [0, 0.05) is 76.3 Å². The first kappa shape index (κ1) is 50.7. The standard InChI is InChI=1S/C84H51BN2O2S/c1-5-23-52(24-6-1)56-31-19-33-58(45-56)62-40-22-41-63(59-34-20-32-57(46-59)53-25-7-2-8-26-53)81(62)86-72-47-67-64-35-13-16-42-75(64)88-77(67)50-70(72)85-71-51-78-68(65-36-14-17-43-76(65)89-78)48-73(71)87(83-80(85)74(86)49-69-66-37-15-18-44-79(66)90-84(69)83)82-60(54-27-9-3-10-28-54)38-21-39-61(82)55-29-11-4-12-30-55/h1-51H. The largest absolute Gasteiger partial charge is 0.456 e. The van der Waals surface area contributed by atoms with E-state index in [4.69, 9.17) is 8.83 Å². The van der Waals surface area contributed by atoms with Gasteiger partial charge in [0.2, 0.25) is 0 Å². The average Bonchev–Trinajstić information content (AvgIpc) is 1.12. The molecule has 0 atom stereocenters. The fourth-order valence-electron chi connectivity index (χ4n) is 14.9. The van der Waals surface area contributed by atoms with Crippen LogP contribution in [0.2, 0.25) is 0 Å². The molecule has 17 aromatic rings. The van der Waals surface area contributed by atoms with Gasteiger partial charge in [-0.2, -0.15) is 0 Å². The molecule has 0 fully saturated rings. The highest BCUT2D eigenvalue weighted by molar-refractivity contribution is 7.26. The molecule has 0 N–H and O–H groups in total. The van der Waals surface area contributed by atoms with E-state index in [2.05, 4.69) is 319 Å². The summed E-state index contributed by atoms with van der Waals surface area (Å²) in [5.41, 5.74) is 27.2. The van der Waals surface area contributed by atoms with Gasteiger partial charge in [-0.25, -0.2) is 0 Å². The van der Waals surface area contributed by atoms with E-state index < -0.39 is 0 Å². The normalized spacial score (nSPS) is 12.6. The van der Waals surface area contributed by atoms with E-state index in [0.717, 1.165) is 145 Å². The van der Waals surface area contributed by atoms with Crippen molar-refractivity contribution in [3.05, 3.63) is 309 Å². The maximum atomic E-state index is 7.07. The number of furan rings is 2. The number of benzene rings is 14. The Hall–Kier alpha value is -11.4. The molecule has 90 heavy (non-hydrogen) atoms. The molecule has 4 nitrogen and oxygen atoms in total. The SMILES string of the molecule is c1ccc(-c2cccc(-c3cccc(-c4cccc(-c5ccccc5)c4)c3N3c4cc5c(cc4B4c6cc7oc8ccccc8c7cc6N(c6c(-c7ccccc7)cccc6-c6ccccc6)c6c4c3cc3c6sc4ccccc43)oc3ccccc35)c2)cc1.